The maximum Gasteiger partial charge on any atom is 0.261 e. The molecule has 0 radical (unpaired) electrons. The van der Waals surface area contributed by atoms with Crippen molar-refractivity contribution >= 4 is 27.3 Å². The fraction of sp³-hybridized carbons (Fsp3) is 0.143. The predicted octanol–water partition coefficient (Wildman–Crippen LogP) is 3.41. The summed E-state index contributed by atoms with van der Waals surface area (Å²) in [7, 11) is -3.71. The Morgan fingerprint density at radius 1 is 1.10 bits per heavy atom. The van der Waals surface area contributed by atoms with Crippen molar-refractivity contribution in [2.75, 3.05) is 10.6 Å². The van der Waals surface area contributed by atoms with Gasteiger partial charge in [-0.15, -0.1) is 11.6 Å². The molecule has 0 saturated carbocycles. The van der Waals surface area contributed by atoms with Crippen LogP contribution < -0.4 is 4.72 Å². The van der Waals surface area contributed by atoms with Gasteiger partial charge >= 0.3 is 0 Å². The number of anilines is 1. The van der Waals surface area contributed by atoms with E-state index < -0.39 is 15.8 Å². The Morgan fingerprint density at radius 3 is 2.40 bits per heavy atom. The van der Waals surface area contributed by atoms with Crippen LogP contribution in [0.3, 0.4) is 0 Å². The molecule has 2 aromatic rings. The number of hydrogen-bond acceptors (Lipinski definition) is 2. The van der Waals surface area contributed by atoms with Crippen LogP contribution in [-0.2, 0) is 16.4 Å². The summed E-state index contributed by atoms with van der Waals surface area (Å²) in [5, 5.41) is 0. The van der Waals surface area contributed by atoms with Gasteiger partial charge in [0.1, 0.15) is 5.82 Å². The smallest absolute Gasteiger partial charge is 0.261 e. The molecule has 0 heterocycles. The minimum absolute atomic E-state index is 0.125. The van der Waals surface area contributed by atoms with Gasteiger partial charge in [0.15, 0.2) is 0 Å². The van der Waals surface area contributed by atoms with Crippen molar-refractivity contribution in [1.29, 1.82) is 0 Å². The van der Waals surface area contributed by atoms with Gasteiger partial charge < -0.3 is 0 Å². The van der Waals surface area contributed by atoms with Crippen molar-refractivity contribution in [3.8, 4) is 0 Å². The molecule has 3 nitrogen and oxygen atoms in total. The molecule has 0 amide bonds. The van der Waals surface area contributed by atoms with E-state index in [0.717, 1.165) is 11.6 Å². The molecule has 0 aliphatic heterocycles. The van der Waals surface area contributed by atoms with Crippen LogP contribution in [0.25, 0.3) is 0 Å². The first kappa shape index (κ1) is 14.8. The van der Waals surface area contributed by atoms with Crippen LogP contribution in [0.15, 0.2) is 53.4 Å². The molecule has 106 valence electrons. The molecule has 0 unspecified atom stereocenters. The zero-order valence-electron chi connectivity index (χ0n) is 10.5. The topological polar surface area (TPSA) is 46.2 Å². The van der Waals surface area contributed by atoms with E-state index in [0.29, 0.717) is 12.3 Å². The first-order valence-corrected chi connectivity index (χ1v) is 7.96. The molecule has 0 fully saturated rings. The number of nitrogens with one attached hydrogen (secondary N) is 1. The van der Waals surface area contributed by atoms with E-state index in [4.69, 9.17) is 11.6 Å². The van der Waals surface area contributed by atoms with Crippen LogP contribution in [0.1, 0.15) is 5.56 Å². The Morgan fingerprint density at radius 2 is 1.80 bits per heavy atom. The summed E-state index contributed by atoms with van der Waals surface area (Å²) >= 11 is 5.62. The first-order chi connectivity index (χ1) is 9.51. The molecule has 0 saturated heterocycles. The van der Waals surface area contributed by atoms with Gasteiger partial charge in [0.05, 0.1) is 10.6 Å². The van der Waals surface area contributed by atoms with E-state index in [9.17, 15) is 12.8 Å². The summed E-state index contributed by atoms with van der Waals surface area (Å²) in [5.74, 6) is -0.0177. The summed E-state index contributed by atoms with van der Waals surface area (Å²) in [6, 6.07) is 11.7. The van der Waals surface area contributed by atoms with Crippen LogP contribution >= 0.6 is 11.6 Å². The molecule has 1 N–H and O–H groups in total. The highest BCUT2D eigenvalue weighted by Gasteiger charge is 2.14. The number of halogens is 2. The summed E-state index contributed by atoms with van der Waals surface area (Å²) in [6.07, 6.45) is 0.680. The largest absolute Gasteiger partial charge is 0.280 e. The quantitative estimate of drug-likeness (QED) is 0.860. The minimum Gasteiger partial charge on any atom is -0.280 e. The second-order valence-corrected chi connectivity index (χ2v) is 6.26. The van der Waals surface area contributed by atoms with Crippen molar-refractivity contribution in [3.05, 3.63) is 59.9 Å². The average Bonchev–Trinajstić information content (AvgIpc) is 2.39. The third-order valence-corrected chi connectivity index (χ3v) is 4.28. The number of alkyl halides is 1. The van der Waals surface area contributed by atoms with Gasteiger partial charge in [0.25, 0.3) is 10.0 Å². The van der Waals surface area contributed by atoms with E-state index in [2.05, 4.69) is 4.72 Å². The van der Waals surface area contributed by atoms with Gasteiger partial charge in [-0.1, -0.05) is 18.2 Å². The lowest BCUT2D eigenvalue weighted by atomic mass is 10.2. The molecule has 0 bridgehead atoms. The van der Waals surface area contributed by atoms with Crippen LogP contribution in [0.4, 0.5) is 10.1 Å². The normalized spacial score (nSPS) is 11.3. The lowest BCUT2D eigenvalue weighted by Gasteiger charge is -2.08. The summed E-state index contributed by atoms with van der Waals surface area (Å²) in [6.45, 7) is 0. The fourth-order valence-corrected chi connectivity index (χ4v) is 2.98. The Balaban J connectivity index is 2.21. The van der Waals surface area contributed by atoms with E-state index in [1.807, 2.05) is 0 Å². The second-order valence-electron chi connectivity index (χ2n) is 4.20. The van der Waals surface area contributed by atoms with Gasteiger partial charge in [0, 0.05) is 5.88 Å². The Hall–Kier alpha value is -1.59. The molecule has 0 atom stereocenters. The standard InChI is InChI=1S/C14H13ClFNO2S/c15-9-8-11-4-6-14(7-5-11)20(18,19)17-13-3-1-2-12(16)10-13/h1-7,10,17H,8-9H2. The predicted molar refractivity (Wildman–Crippen MR) is 78.1 cm³/mol. The Kier molecular flexibility index (Phi) is 4.62. The number of benzene rings is 2. The highest BCUT2D eigenvalue weighted by Crippen LogP contribution is 2.17. The lowest BCUT2D eigenvalue weighted by Crippen LogP contribution is -2.13. The molecule has 0 aliphatic carbocycles. The molecule has 6 heteroatoms. The Bertz CT molecular complexity index is 687. The SMILES string of the molecule is O=S(=O)(Nc1cccc(F)c1)c1ccc(CCCl)cc1. The van der Waals surface area contributed by atoms with E-state index in [-0.39, 0.29) is 10.6 Å². The van der Waals surface area contributed by atoms with Crippen molar-refractivity contribution in [3.63, 3.8) is 0 Å². The van der Waals surface area contributed by atoms with Crippen molar-refractivity contribution in [2.45, 2.75) is 11.3 Å². The third-order valence-electron chi connectivity index (χ3n) is 2.69. The number of hydrogen-bond donors (Lipinski definition) is 1. The molecular formula is C14H13ClFNO2S. The maximum absolute atomic E-state index is 13.0. The molecule has 2 rings (SSSR count). The lowest BCUT2D eigenvalue weighted by molar-refractivity contribution is 0.601. The highest BCUT2D eigenvalue weighted by molar-refractivity contribution is 7.92. The fourth-order valence-electron chi connectivity index (χ4n) is 1.71. The van der Waals surface area contributed by atoms with Gasteiger partial charge in [-0.3, -0.25) is 4.72 Å². The zero-order chi connectivity index (χ0) is 14.6. The summed E-state index contributed by atoms with van der Waals surface area (Å²) < 4.78 is 39.6. The van der Waals surface area contributed by atoms with Crippen molar-refractivity contribution in [2.24, 2.45) is 0 Å². The maximum atomic E-state index is 13.0. The zero-order valence-corrected chi connectivity index (χ0v) is 12.1. The molecule has 0 aromatic heterocycles. The van der Waals surface area contributed by atoms with Crippen molar-refractivity contribution < 1.29 is 12.8 Å². The summed E-state index contributed by atoms with van der Waals surface area (Å²) in [5.41, 5.74) is 1.15. The molecule has 20 heavy (non-hydrogen) atoms. The van der Waals surface area contributed by atoms with Crippen LogP contribution in [0.5, 0.6) is 0 Å². The summed E-state index contributed by atoms with van der Waals surface area (Å²) in [4.78, 5) is 0.125. The van der Waals surface area contributed by atoms with Gasteiger partial charge in [0.2, 0.25) is 0 Å². The van der Waals surface area contributed by atoms with Crippen LogP contribution in [0.2, 0.25) is 0 Å². The van der Waals surface area contributed by atoms with Crippen LogP contribution in [0, 0.1) is 5.82 Å². The third kappa shape index (κ3) is 3.71. The van der Waals surface area contributed by atoms with Crippen LogP contribution in [-0.4, -0.2) is 14.3 Å². The molecule has 0 aliphatic rings. The first-order valence-electron chi connectivity index (χ1n) is 5.94. The Labute approximate surface area is 122 Å². The van der Waals surface area contributed by atoms with Gasteiger partial charge in [-0.25, -0.2) is 12.8 Å². The monoisotopic (exact) mass is 313 g/mol. The number of sulfonamides is 1. The van der Waals surface area contributed by atoms with Crippen molar-refractivity contribution in [1.82, 2.24) is 0 Å². The van der Waals surface area contributed by atoms with Gasteiger partial charge in [-0.2, -0.15) is 0 Å². The average molecular weight is 314 g/mol. The molecule has 2 aromatic carbocycles. The highest BCUT2D eigenvalue weighted by atomic mass is 35.5. The number of aryl methyl sites for hydroxylation is 1. The van der Waals surface area contributed by atoms with E-state index >= 15 is 0 Å². The second kappa shape index (κ2) is 6.24. The molecule has 0 spiro atoms. The van der Waals surface area contributed by atoms with E-state index in [1.54, 1.807) is 12.1 Å². The van der Waals surface area contributed by atoms with E-state index in [1.165, 1.54) is 30.3 Å². The van der Waals surface area contributed by atoms with Gasteiger partial charge in [-0.05, 0) is 42.3 Å². The number of rotatable bonds is 5. The minimum atomic E-state index is -3.71. The molecular weight excluding hydrogens is 301 g/mol.